The maximum atomic E-state index is 13.1. The number of ether oxygens (including phenoxy) is 2. The molecule has 0 spiro atoms. The minimum atomic E-state index is -0.811. The number of benzene rings is 3. The topological polar surface area (TPSA) is 114 Å². The van der Waals surface area contributed by atoms with E-state index in [4.69, 9.17) is 9.47 Å². The van der Waals surface area contributed by atoms with Crippen LogP contribution >= 0.6 is 0 Å². The molecule has 1 aliphatic heterocycles. The highest BCUT2D eigenvalue weighted by atomic mass is 16.7. The van der Waals surface area contributed by atoms with Crippen molar-refractivity contribution < 1.29 is 28.7 Å². The molecule has 0 saturated carbocycles. The Morgan fingerprint density at radius 2 is 1.67 bits per heavy atom. The monoisotopic (exact) mass is 529 g/mol. The molecule has 3 aromatic rings. The van der Waals surface area contributed by atoms with Gasteiger partial charge in [-0.2, -0.15) is 0 Å². The summed E-state index contributed by atoms with van der Waals surface area (Å²) in [6.07, 6.45) is -0.661. The first-order chi connectivity index (χ1) is 18.9. The second-order valence-corrected chi connectivity index (χ2v) is 9.17. The van der Waals surface area contributed by atoms with E-state index in [0.717, 1.165) is 11.1 Å². The molecule has 1 heterocycles. The van der Waals surface area contributed by atoms with E-state index < -0.39 is 12.1 Å². The second kappa shape index (κ2) is 12.7. The van der Waals surface area contributed by atoms with Crippen molar-refractivity contribution in [2.24, 2.45) is 5.92 Å². The normalized spacial score (nSPS) is 15.4. The maximum Gasteiger partial charge on any atom is 0.513 e. The zero-order valence-electron chi connectivity index (χ0n) is 21.9. The van der Waals surface area contributed by atoms with Gasteiger partial charge in [-0.05, 0) is 55.3 Å². The molecule has 0 aromatic heterocycles. The summed E-state index contributed by atoms with van der Waals surface area (Å²) in [6.45, 7) is 4.36. The summed E-state index contributed by atoms with van der Waals surface area (Å²) in [7, 11) is 0. The Kier molecular flexibility index (Phi) is 8.94. The van der Waals surface area contributed by atoms with Crippen molar-refractivity contribution in [3.05, 3.63) is 95.6 Å². The number of hydrogen-bond donors (Lipinski definition) is 2. The van der Waals surface area contributed by atoms with Crippen LogP contribution in [0.3, 0.4) is 0 Å². The quantitative estimate of drug-likeness (QED) is 0.307. The van der Waals surface area contributed by atoms with Gasteiger partial charge in [-0.3, -0.25) is 14.4 Å². The molecule has 2 N–H and O–H groups in total. The van der Waals surface area contributed by atoms with Gasteiger partial charge in [-0.15, -0.1) is 0 Å². The van der Waals surface area contributed by atoms with E-state index in [1.54, 1.807) is 24.0 Å². The van der Waals surface area contributed by atoms with E-state index >= 15 is 0 Å². The van der Waals surface area contributed by atoms with Crippen LogP contribution in [0.1, 0.15) is 47.8 Å². The average molecular weight is 530 g/mol. The molecule has 202 valence electrons. The standard InChI is InChI=1S/C30H31N3O6/c1-3-38-30(37)39-25-15-13-22(14-16-25)28(35)31-18-23-11-7-8-12-26(23)32-29(36)24-17-27(34)33(19-24)20(2)21-9-5-4-6-10-21/h4-16,20,24H,3,17-19H2,1-2H3,(H,31,35)(H,32,36). The summed E-state index contributed by atoms with van der Waals surface area (Å²) in [5.41, 5.74) is 2.70. The van der Waals surface area contributed by atoms with Gasteiger partial charge in [0.2, 0.25) is 11.8 Å². The highest BCUT2D eigenvalue weighted by Crippen LogP contribution is 2.29. The number of nitrogens with one attached hydrogen (secondary N) is 2. The number of hydrogen-bond acceptors (Lipinski definition) is 6. The van der Waals surface area contributed by atoms with E-state index in [-0.39, 0.29) is 49.1 Å². The summed E-state index contributed by atoms with van der Waals surface area (Å²) >= 11 is 0. The molecule has 0 aliphatic carbocycles. The molecule has 2 atom stereocenters. The first-order valence-electron chi connectivity index (χ1n) is 12.8. The Bertz CT molecular complexity index is 1330. The second-order valence-electron chi connectivity index (χ2n) is 9.17. The minimum Gasteiger partial charge on any atom is -0.434 e. The molecule has 2 unspecified atom stereocenters. The molecular weight excluding hydrogens is 498 g/mol. The van der Waals surface area contributed by atoms with E-state index in [1.807, 2.05) is 49.4 Å². The third kappa shape index (κ3) is 7.01. The van der Waals surface area contributed by atoms with Crippen LogP contribution in [0.2, 0.25) is 0 Å². The Hall–Kier alpha value is -4.66. The summed E-state index contributed by atoms with van der Waals surface area (Å²) in [5.74, 6) is -0.819. The van der Waals surface area contributed by atoms with Gasteiger partial charge in [-0.25, -0.2) is 4.79 Å². The lowest BCUT2D eigenvalue weighted by atomic mass is 10.1. The molecule has 1 saturated heterocycles. The van der Waals surface area contributed by atoms with E-state index in [2.05, 4.69) is 10.6 Å². The number of para-hydroxylation sites is 1. The van der Waals surface area contributed by atoms with Crippen molar-refractivity contribution in [3.8, 4) is 5.75 Å². The fraction of sp³-hybridized carbons (Fsp3) is 0.267. The third-order valence-electron chi connectivity index (χ3n) is 6.57. The smallest absolute Gasteiger partial charge is 0.434 e. The molecule has 1 fully saturated rings. The molecular formula is C30H31N3O6. The van der Waals surface area contributed by atoms with Crippen LogP contribution in [0.15, 0.2) is 78.9 Å². The summed E-state index contributed by atoms with van der Waals surface area (Å²) < 4.78 is 9.74. The lowest BCUT2D eigenvalue weighted by Crippen LogP contribution is -2.31. The van der Waals surface area contributed by atoms with Crippen molar-refractivity contribution in [2.75, 3.05) is 18.5 Å². The number of carbonyl (C=O) groups excluding carboxylic acids is 4. The van der Waals surface area contributed by atoms with Gasteiger partial charge in [0.25, 0.3) is 5.91 Å². The molecule has 1 aliphatic rings. The Morgan fingerprint density at radius 3 is 2.38 bits per heavy atom. The predicted octanol–water partition coefficient (Wildman–Crippen LogP) is 4.70. The van der Waals surface area contributed by atoms with Crippen LogP contribution in [0.25, 0.3) is 0 Å². The van der Waals surface area contributed by atoms with E-state index in [1.165, 1.54) is 24.3 Å². The van der Waals surface area contributed by atoms with Gasteiger partial charge in [-0.1, -0.05) is 48.5 Å². The maximum absolute atomic E-state index is 13.1. The number of amides is 3. The lowest BCUT2D eigenvalue weighted by molar-refractivity contribution is -0.129. The zero-order valence-corrected chi connectivity index (χ0v) is 21.9. The first-order valence-corrected chi connectivity index (χ1v) is 12.8. The third-order valence-corrected chi connectivity index (χ3v) is 6.57. The summed E-state index contributed by atoms with van der Waals surface area (Å²) in [4.78, 5) is 51.7. The highest BCUT2D eigenvalue weighted by Gasteiger charge is 2.37. The Morgan fingerprint density at radius 1 is 0.974 bits per heavy atom. The Labute approximate surface area is 227 Å². The first kappa shape index (κ1) is 27.4. The summed E-state index contributed by atoms with van der Waals surface area (Å²) in [5, 5.41) is 5.78. The molecule has 9 nitrogen and oxygen atoms in total. The number of anilines is 1. The van der Waals surface area contributed by atoms with Crippen molar-refractivity contribution in [1.29, 1.82) is 0 Å². The molecule has 3 amide bonds. The van der Waals surface area contributed by atoms with Crippen molar-refractivity contribution in [2.45, 2.75) is 32.9 Å². The zero-order chi connectivity index (χ0) is 27.8. The van der Waals surface area contributed by atoms with E-state index in [9.17, 15) is 19.2 Å². The highest BCUT2D eigenvalue weighted by molar-refractivity contribution is 5.98. The van der Waals surface area contributed by atoms with Crippen LogP contribution < -0.4 is 15.4 Å². The number of carbonyl (C=O) groups is 4. The number of rotatable bonds is 9. The number of nitrogens with zero attached hydrogens (tertiary/aromatic N) is 1. The van der Waals surface area contributed by atoms with Crippen LogP contribution in [0.5, 0.6) is 5.75 Å². The lowest BCUT2D eigenvalue weighted by Gasteiger charge is -2.25. The molecule has 0 radical (unpaired) electrons. The fourth-order valence-corrected chi connectivity index (χ4v) is 4.42. The van der Waals surface area contributed by atoms with Crippen molar-refractivity contribution >= 4 is 29.6 Å². The Balaban J connectivity index is 1.34. The largest absolute Gasteiger partial charge is 0.513 e. The van der Waals surface area contributed by atoms with Crippen LogP contribution in [0, 0.1) is 5.92 Å². The van der Waals surface area contributed by atoms with Crippen molar-refractivity contribution in [1.82, 2.24) is 10.2 Å². The van der Waals surface area contributed by atoms with Gasteiger partial charge >= 0.3 is 6.16 Å². The predicted molar refractivity (Wildman–Crippen MR) is 145 cm³/mol. The van der Waals surface area contributed by atoms with Crippen LogP contribution in [-0.4, -0.2) is 41.9 Å². The van der Waals surface area contributed by atoms with E-state index in [0.29, 0.717) is 17.8 Å². The van der Waals surface area contributed by atoms with Crippen molar-refractivity contribution in [3.63, 3.8) is 0 Å². The minimum absolute atomic E-state index is 0.0503. The average Bonchev–Trinajstić information content (AvgIpc) is 3.34. The fourth-order valence-electron chi connectivity index (χ4n) is 4.42. The molecule has 39 heavy (non-hydrogen) atoms. The molecule has 0 bridgehead atoms. The van der Waals surface area contributed by atoms with Gasteiger partial charge in [0.05, 0.1) is 18.6 Å². The van der Waals surface area contributed by atoms with Crippen LogP contribution in [0.4, 0.5) is 10.5 Å². The van der Waals surface area contributed by atoms with Gasteiger partial charge in [0, 0.05) is 30.8 Å². The SMILES string of the molecule is CCOC(=O)Oc1ccc(C(=O)NCc2ccccc2NC(=O)C2CC(=O)N(C(C)c3ccccc3)C2)cc1. The van der Waals surface area contributed by atoms with Gasteiger partial charge in [0.15, 0.2) is 0 Å². The van der Waals surface area contributed by atoms with Gasteiger partial charge < -0.3 is 25.0 Å². The summed E-state index contributed by atoms with van der Waals surface area (Å²) in [6, 6.07) is 22.9. The molecule has 4 rings (SSSR count). The van der Waals surface area contributed by atoms with Crippen LogP contribution in [-0.2, 0) is 20.9 Å². The molecule has 3 aromatic carbocycles. The molecule has 9 heteroatoms. The van der Waals surface area contributed by atoms with Gasteiger partial charge in [0.1, 0.15) is 5.75 Å². The number of likely N-dealkylation sites (tertiary alicyclic amines) is 1.